The second-order valence-corrected chi connectivity index (χ2v) is 5.96. The fraction of sp³-hybridized carbons (Fsp3) is 0.0476. The number of fused-ring (bicyclic) bond motifs is 1. The number of nitro groups is 1. The molecule has 26 heavy (non-hydrogen) atoms. The number of benzene rings is 3. The third kappa shape index (κ3) is 3.02. The molecule has 0 amide bonds. The number of anilines is 1. The van der Waals surface area contributed by atoms with E-state index in [0.29, 0.717) is 17.7 Å². The molecule has 1 aromatic heterocycles. The monoisotopic (exact) mass is 344 g/mol. The summed E-state index contributed by atoms with van der Waals surface area (Å²) >= 11 is 0. The van der Waals surface area contributed by atoms with Crippen LogP contribution in [0.3, 0.4) is 0 Å². The van der Waals surface area contributed by atoms with Gasteiger partial charge in [-0.25, -0.2) is 0 Å². The molecule has 0 spiro atoms. The molecule has 0 aliphatic rings. The Morgan fingerprint density at radius 1 is 0.923 bits per heavy atom. The summed E-state index contributed by atoms with van der Waals surface area (Å²) in [7, 11) is 0. The summed E-state index contributed by atoms with van der Waals surface area (Å²) in [5.74, 6) is -0.230. The van der Waals surface area contributed by atoms with E-state index in [2.05, 4.69) is 5.32 Å². The molecule has 4 aromatic rings. The zero-order valence-electron chi connectivity index (χ0n) is 13.9. The van der Waals surface area contributed by atoms with Crippen molar-refractivity contribution in [2.24, 2.45) is 0 Å². The molecule has 128 valence electrons. The van der Waals surface area contributed by atoms with Gasteiger partial charge < -0.3 is 9.73 Å². The molecule has 0 saturated heterocycles. The molecule has 0 bridgehead atoms. The maximum Gasteiger partial charge on any atom is 0.442 e. The van der Waals surface area contributed by atoms with E-state index in [4.69, 9.17) is 4.42 Å². The first kappa shape index (κ1) is 15.9. The fourth-order valence-electron chi connectivity index (χ4n) is 3.01. The minimum atomic E-state index is -0.473. The van der Waals surface area contributed by atoms with Crippen molar-refractivity contribution < 1.29 is 9.34 Å². The molecule has 0 fully saturated rings. The van der Waals surface area contributed by atoms with Crippen molar-refractivity contribution in [3.8, 4) is 11.1 Å². The Morgan fingerprint density at radius 2 is 1.62 bits per heavy atom. The zero-order chi connectivity index (χ0) is 17.9. The van der Waals surface area contributed by atoms with Crippen molar-refractivity contribution in [3.63, 3.8) is 0 Å². The van der Waals surface area contributed by atoms with E-state index in [0.717, 1.165) is 22.2 Å². The van der Waals surface area contributed by atoms with Gasteiger partial charge in [0.05, 0.1) is 0 Å². The van der Waals surface area contributed by atoms with Gasteiger partial charge in [0.25, 0.3) is 0 Å². The van der Waals surface area contributed by atoms with Crippen LogP contribution in [0.5, 0.6) is 0 Å². The van der Waals surface area contributed by atoms with Gasteiger partial charge in [-0.2, -0.15) is 0 Å². The molecular weight excluding hydrogens is 328 g/mol. The third-order valence-corrected chi connectivity index (χ3v) is 4.24. The van der Waals surface area contributed by atoms with E-state index in [1.54, 1.807) is 6.07 Å². The molecule has 0 saturated carbocycles. The van der Waals surface area contributed by atoms with Crippen LogP contribution in [0.15, 0.2) is 83.3 Å². The maximum absolute atomic E-state index is 11.5. The highest BCUT2D eigenvalue weighted by Gasteiger charge is 2.25. The van der Waals surface area contributed by atoms with Crippen molar-refractivity contribution in [3.05, 3.63) is 94.5 Å². The third-order valence-electron chi connectivity index (χ3n) is 4.24. The average Bonchev–Trinajstić information content (AvgIpc) is 3.07. The lowest BCUT2D eigenvalue weighted by Crippen LogP contribution is -1.98. The molecule has 3 aromatic carbocycles. The summed E-state index contributed by atoms with van der Waals surface area (Å²) in [4.78, 5) is 11.0. The highest BCUT2D eigenvalue weighted by atomic mass is 16.6. The number of nitrogens with one attached hydrogen (secondary N) is 1. The molecule has 0 aliphatic carbocycles. The summed E-state index contributed by atoms with van der Waals surface area (Å²) in [6, 6.07) is 24.9. The topological polar surface area (TPSA) is 68.3 Å². The molecular formula is C21H16N2O3. The molecule has 4 rings (SSSR count). The van der Waals surface area contributed by atoms with Crippen molar-refractivity contribution in [1.82, 2.24) is 0 Å². The molecule has 0 aliphatic heterocycles. The summed E-state index contributed by atoms with van der Waals surface area (Å²) in [5, 5.41) is 15.5. The molecule has 1 N–H and O–H groups in total. The second-order valence-electron chi connectivity index (χ2n) is 5.96. The molecule has 5 heteroatoms. The van der Waals surface area contributed by atoms with Crippen LogP contribution in [0, 0.1) is 10.1 Å². The van der Waals surface area contributed by atoms with Gasteiger partial charge in [0.15, 0.2) is 0 Å². The smallest absolute Gasteiger partial charge is 0.400 e. The lowest BCUT2D eigenvalue weighted by atomic mass is 10.0. The maximum atomic E-state index is 11.5. The minimum Gasteiger partial charge on any atom is -0.400 e. The first-order valence-electron chi connectivity index (χ1n) is 8.26. The van der Waals surface area contributed by atoms with Crippen LogP contribution in [-0.2, 0) is 6.54 Å². The number of hydrogen-bond donors (Lipinski definition) is 1. The Bertz CT molecular complexity index is 1060. The number of nitrogens with zero attached hydrogens (tertiary/aromatic N) is 1. The average molecular weight is 344 g/mol. The molecule has 0 atom stereocenters. The van der Waals surface area contributed by atoms with Crippen LogP contribution in [0.4, 0.5) is 11.6 Å². The predicted octanol–water partition coefficient (Wildman–Crippen LogP) is 5.62. The van der Waals surface area contributed by atoms with Crippen molar-refractivity contribution in [1.29, 1.82) is 0 Å². The van der Waals surface area contributed by atoms with Crippen molar-refractivity contribution in [2.45, 2.75) is 6.54 Å². The Hall–Kier alpha value is -3.60. The lowest BCUT2D eigenvalue weighted by molar-refractivity contribution is -0.400. The van der Waals surface area contributed by atoms with E-state index < -0.39 is 4.92 Å². The highest BCUT2D eigenvalue weighted by Crippen LogP contribution is 2.40. The van der Waals surface area contributed by atoms with Gasteiger partial charge in [-0.05, 0) is 29.3 Å². The Balaban J connectivity index is 1.76. The van der Waals surface area contributed by atoms with E-state index in [1.807, 2.05) is 72.8 Å². The first-order chi connectivity index (χ1) is 12.7. The van der Waals surface area contributed by atoms with Crippen LogP contribution in [0.25, 0.3) is 22.1 Å². The lowest BCUT2D eigenvalue weighted by Gasteiger charge is -2.07. The standard InChI is InChI=1S/C21H16N2O3/c24-23(25)21-20(16-9-5-2-6-10-16)18-13-17(11-12-19(18)26-21)22-14-15-7-3-1-4-8-15/h1-13,22H,14H2. The molecule has 0 unspecified atom stereocenters. The van der Waals surface area contributed by atoms with Gasteiger partial charge in [0, 0.05) is 17.6 Å². The largest absolute Gasteiger partial charge is 0.442 e. The minimum absolute atomic E-state index is 0.230. The summed E-state index contributed by atoms with van der Waals surface area (Å²) in [6.45, 7) is 0.674. The summed E-state index contributed by atoms with van der Waals surface area (Å²) in [5.41, 5.74) is 3.82. The van der Waals surface area contributed by atoms with E-state index in [9.17, 15) is 10.1 Å². The molecule has 0 radical (unpaired) electrons. The van der Waals surface area contributed by atoms with Gasteiger partial charge >= 0.3 is 5.88 Å². The van der Waals surface area contributed by atoms with Crippen molar-refractivity contribution in [2.75, 3.05) is 5.32 Å². The Labute approximate surface area is 150 Å². The van der Waals surface area contributed by atoms with Gasteiger partial charge in [-0.1, -0.05) is 60.7 Å². The quantitative estimate of drug-likeness (QED) is 0.377. The fourth-order valence-corrected chi connectivity index (χ4v) is 3.01. The van der Waals surface area contributed by atoms with Crippen molar-refractivity contribution >= 4 is 22.5 Å². The molecule has 1 heterocycles. The second kappa shape index (κ2) is 6.72. The van der Waals surface area contributed by atoms with Gasteiger partial charge in [0.2, 0.25) is 0 Å². The molecule has 5 nitrogen and oxygen atoms in total. The van der Waals surface area contributed by atoms with Gasteiger partial charge in [-0.15, -0.1) is 0 Å². The SMILES string of the molecule is O=[N+]([O-])c1oc2ccc(NCc3ccccc3)cc2c1-c1ccccc1. The first-order valence-corrected chi connectivity index (χ1v) is 8.26. The van der Waals surface area contributed by atoms with E-state index in [-0.39, 0.29) is 5.88 Å². The van der Waals surface area contributed by atoms with E-state index >= 15 is 0 Å². The predicted molar refractivity (Wildman–Crippen MR) is 102 cm³/mol. The van der Waals surface area contributed by atoms with Crippen LogP contribution in [-0.4, -0.2) is 4.92 Å². The van der Waals surface area contributed by atoms with Gasteiger partial charge in [0.1, 0.15) is 16.1 Å². The van der Waals surface area contributed by atoms with E-state index in [1.165, 1.54) is 0 Å². The summed E-state index contributed by atoms with van der Waals surface area (Å²) < 4.78 is 5.51. The number of furan rings is 1. The van der Waals surface area contributed by atoms with Gasteiger partial charge in [-0.3, -0.25) is 10.1 Å². The van der Waals surface area contributed by atoms with Crippen LogP contribution in [0.1, 0.15) is 5.56 Å². The Kier molecular flexibility index (Phi) is 4.11. The van der Waals surface area contributed by atoms with Crippen LogP contribution >= 0.6 is 0 Å². The Morgan fingerprint density at radius 3 is 2.31 bits per heavy atom. The normalized spacial score (nSPS) is 10.8. The number of rotatable bonds is 5. The number of hydrogen-bond acceptors (Lipinski definition) is 4. The summed E-state index contributed by atoms with van der Waals surface area (Å²) in [6.07, 6.45) is 0. The zero-order valence-corrected chi connectivity index (χ0v) is 13.9. The highest BCUT2D eigenvalue weighted by molar-refractivity contribution is 6.00. The van der Waals surface area contributed by atoms with Crippen LogP contribution < -0.4 is 5.32 Å². The van der Waals surface area contributed by atoms with Crippen LogP contribution in [0.2, 0.25) is 0 Å².